The van der Waals surface area contributed by atoms with E-state index in [0.717, 1.165) is 17.5 Å². The molecule has 0 aliphatic carbocycles. The highest BCUT2D eigenvalue weighted by Crippen LogP contribution is 2.25. The largest absolute Gasteiger partial charge is 0.466 e. The number of amides is 1. The first-order valence-electron chi connectivity index (χ1n) is 6.29. The van der Waals surface area contributed by atoms with Gasteiger partial charge in [0.2, 0.25) is 5.91 Å². The van der Waals surface area contributed by atoms with Gasteiger partial charge >= 0.3 is 5.97 Å². The lowest BCUT2D eigenvalue weighted by molar-refractivity contribution is -0.134. The Balaban J connectivity index is 2.42. The van der Waals surface area contributed by atoms with Crippen LogP contribution >= 0.6 is 0 Å². The van der Waals surface area contributed by atoms with Gasteiger partial charge in [0.05, 0.1) is 12.8 Å². The molecule has 0 spiro atoms. The number of hydrogen-bond donors (Lipinski definition) is 0. The van der Waals surface area contributed by atoms with Crippen molar-refractivity contribution in [1.82, 2.24) is 4.90 Å². The lowest BCUT2D eigenvalue weighted by Crippen LogP contribution is -2.24. The number of rotatable bonds is 3. The standard InChI is InChI=1S/C15H17NO3/c1-11-5-3-6-12(9-11)13(10-15(18)19-2)16-8-4-7-14(16)17/h3,5-6,9-10H,4,7-8H2,1-2H3. The van der Waals surface area contributed by atoms with Gasteiger partial charge in [-0.05, 0) is 25.0 Å². The third-order valence-corrected chi connectivity index (χ3v) is 3.13. The summed E-state index contributed by atoms with van der Waals surface area (Å²) in [5.41, 5.74) is 2.57. The summed E-state index contributed by atoms with van der Waals surface area (Å²) in [5, 5.41) is 0. The molecular formula is C15H17NO3. The van der Waals surface area contributed by atoms with Gasteiger partial charge in [0.15, 0.2) is 0 Å². The third-order valence-electron chi connectivity index (χ3n) is 3.13. The zero-order valence-corrected chi connectivity index (χ0v) is 11.2. The average Bonchev–Trinajstić information content (AvgIpc) is 2.81. The normalized spacial score (nSPS) is 15.8. The maximum absolute atomic E-state index is 11.9. The molecule has 1 heterocycles. The number of nitrogens with zero attached hydrogens (tertiary/aromatic N) is 1. The van der Waals surface area contributed by atoms with Crippen molar-refractivity contribution in [3.8, 4) is 0 Å². The molecule has 1 fully saturated rings. The van der Waals surface area contributed by atoms with Crippen LogP contribution in [0, 0.1) is 6.92 Å². The van der Waals surface area contributed by atoms with E-state index in [1.165, 1.54) is 13.2 Å². The predicted molar refractivity (Wildman–Crippen MR) is 72.1 cm³/mol. The first-order valence-corrected chi connectivity index (χ1v) is 6.29. The molecular weight excluding hydrogens is 242 g/mol. The Morgan fingerprint density at radius 3 is 2.79 bits per heavy atom. The second kappa shape index (κ2) is 5.69. The van der Waals surface area contributed by atoms with E-state index >= 15 is 0 Å². The van der Waals surface area contributed by atoms with E-state index in [1.54, 1.807) is 4.90 Å². The maximum atomic E-state index is 11.9. The fourth-order valence-corrected chi connectivity index (χ4v) is 2.19. The van der Waals surface area contributed by atoms with Crippen LogP contribution in [0.15, 0.2) is 30.3 Å². The molecule has 4 heteroatoms. The molecule has 1 aliphatic rings. The number of carbonyl (C=O) groups is 2. The van der Waals surface area contributed by atoms with Gasteiger partial charge in [0.25, 0.3) is 0 Å². The van der Waals surface area contributed by atoms with Crippen molar-refractivity contribution in [1.29, 1.82) is 0 Å². The summed E-state index contributed by atoms with van der Waals surface area (Å²) in [6.07, 6.45) is 2.74. The van der Waals surface area contributed by atoms with Crippen LogP contribution in [-0.2, 0) is 14.3 Å². The van der Waals surface area contributed by atoms with Gasteiger partial charge < -0.3 is 9.64 Å². The molecule has 0 aromatic heterocycles. The highest BCUT2D eigenvalue weighted by atomic mass is 16.5. The Hall–Kier alpha value is -2.10. The summed E-state index contributed by atoms with van der Waals surface area (Å²) in [7, 11) is 1.33. The summed E-state index contributed by atoms with van der Waals surface area (Å²) < 4.78 is 4.67. The highest BCUT2D eigenvalue weighted by molar-refractivity contribution is 5.96. The number of carbonyl (C=O) groups excluding carboxylic acids is 2. The van der Waals surface area contributed by atoms with Crippen LogP contribution in [0.25, 0.3) is 5.70 Å². The number of hydrogen-bond acceptors (Lipinski definition) is 3. The molecule has 1 saturated heterocycles. The fraction of sp³-hybridized carbons (Fsp3) is 0.333. The topological polar surface area (TPSA) is 46.6 Å². The van der Waals surface area contributed by atoms with Gasteiger partial charge in [-0.15, -0.1) is 0 Å². The first-order chi connectivity index (χ1) is 9.11. The van der Waals surface area contributed by atoms with Gasteiger partial charge in [-0.25, -0.2) is 4.79 Å². The van der Waals surface area contributed by atoms with Crippen molar-refractivity contribution >= 4 is 17.6 Å². The van der Waals surface area contributed by atoms with E-state index in [9.17, 15) is 9.59 Å². The minimum Gasteiger partial charge on any atom is -0.466 e. The molecule has 0 N–H and O–H groups in total. The van der Waals surface area contributed by atoms with Crippen LogP contribution < -0.4 is 0 Å². The second-order valence-electron chi connectivity index (χ2n) is 4.57. The van der Waals surface area contributed by atoms with Crippen molar-refractivity contribution in [2.45, 2.75) is 19.8 Å². The molecule has 0 unspecified atom stereocenters. The van der Waals surface area contributed by atoms with Crippen molar-refractivity contribution in [2.24, 2.45) is 0 Å². The smallest absolute Gasteiger partial charge is 0.332 e. The minimum absolute atomic E-state index is 0.0525. The quantitative estimate of drug-likeness (QED) is 0.617. The van der Waals surface area contributed by atoms with Gasteiger partial charge in [0.1, 0.15) is 0 Å². The van der Waals surface area contributed by atoms with Crippen molar-refractivity contribution in [2.75, 3.05) is 13.7 Å². The lowest BCUT2D eigenvalue weighted by atomic mass is 10.1. The number of ether oxygens (including phenoxy) is 1. The molecule has 1 amide bonds. The van der Waals surface area contributed by atoms with Gasteiger partial charge in [-0.3, -0.25) is 4.79 Å². The molecule has 0 saturated carbocycles. The predicted octanol–water partition coefficient (Wildman–Crippen LogP) is 2.13. The van der Waals surface area contributed by atoms with E-state index < -0.39 is 5.97 Å². The summed E-state index contributed by atoms with van der Waals surface area (Å²) in [5.74, 6) is -0.395. The summed E-state index contributed by atoms with van der Waals surface area (Å²) >= 11 is 0. The van der Waals surface area contributed by atoms with Crippen LogP contribution in [0.4, 0.5) is 0 Å². The Labute approximate surface area is 112 Å². The SMILES string of the molecule is COC(=O)C=C(c1cccc(C)c1)N1CCCC1=O. The van der Waals surface area contributed by atoms with E-state index in [1.807, 2.05) is 31.2 Å². The molecule has 0 radical (unpaired) electrons. The van der Waals surface area contributed by atoms with Gasteiger partial charge in [-0.1, -0.05) is 23.8 Å². The zero-order valence-electron chi connectivity index (χ0n) is 11.2. The van der Waals surface area contributed by atoms with Gasteiger partial charge in [-0.2, -0.15) is 0 Å². The Kier molecular flexibility index (Phi) is 4.00. The average molecular weight is 259 g/mol. The molecule has 4 nitrogen and oxygen atoms in total. The molecule has 100 valence electrons. The molecule has 2 rings (SSSR count). The number of aryl methyl sites for hydroxylation is 1. The van der Waals surface area contributed by atoms with Crippen LogP contribution in [0.2, 0.25) is 0 Å². The third kappa shape index (κ3) is 3.02. The second-order valence-corrected chi connectivity index (χ2v) is 4.57. The summed E-state index contributed by atoms with van der Waals surface area (Å²) in [4.78, 5) is 25.0. The molecule has 1 aromatic rings. The Morgan fingerprint density at radius 1 is 1.42 bits per heavy atom. The number of esters is 1. The van der Waals surface area contributed by atoms with Crippen molar-refractivity contribution in [3.05, 3.63) is 41.5 Å². The van der Waals surface area contributed by atoms with E-state index in [-0.39, 0.29) is 5.91 Å². The van der Waals surface area contributed by atoms with Crippen LogP contribution in [0.5, 0.6) is 0 Å². The van der Waals surface area contributed by atoms with Crippen LogP contribution in [-0.4, -0.2) is 30.4 Å². The number of likely N-dealkylation sites (tertiary alicyclic amines) is 1. The first kappa shape index (κ1) is 13.3. The molecule has 0 bridgehead atoms. The summed E-state index contributed by atoms with van der Waals surface area (Å²) in [6.45, 7) is 2.63. The monoisotopic (exact) mass is 259 g/mol. The Bertz CT molecular complexity index is 534. The van der Waals surface area contributed by atoms with Crippen molar-refractivity contribution < 1.29 is 14.3 Å². The summed E-state index contributed by atoms with van der Waals surface area (Å²) in [6, 6.07) is 7.75. The van der Waals surface area contributed by atoms with Crippen LogP contribution in [0.3, 0.4) is 0 Å². The van der Waals surface area contributed by atoms with E-state index in [4.69, 9.17) is 0 Å². The molecule has 0 atom stereocenters. The lowest BCUT2D eigenvalue weighted by Gasteiger charge is -2.20. The maximum Gasteiger partial charge on any atom is 0.332 e. The molecule has 1 aliphatic heterocycles. The highest BCUT2D eigenvalue weighted by Gasteiger charge is 2.25. The Morgan fingerprint density at radius 2 is 2.21 bits per heavy atom. The van der Waals surface area contributed by atoms with E-state index in [2.05, 4.69) is 4.74 Å². The fourth-order valence-electron chi connectivity index (χ4n) is 2.19. The number of benzene rings is 1. The zero-order chi connectivity index (χ0) is 13.8. The van der Waals surface area contributed by atoms with Gasteiger partial charge in [0, 0.05) is 19.0 Å². The minimum atomic E-state index is -0.448. The molecule has 1 aromatic carbocycles. The molecule has 19 heavy (non-hydrogen) atoms. The van der Waals surface area contributed by atoms with Crippen LogP contribution in [0.1, 0.15) is 24.0 Å². The number of methoxy groups -OCH3 is 1. The van der Waals surface area contributed by atoms with E-state index in [0.29, 0.717) is 18.7 Å². The van der Waals surface area contributed by atoms with Crippen molar-refractivity contribution in [3.63, 3.8) is 0 Å².